The highest BCUT2D eigenvalue weighted by Gasteiger charge is 2.46. The van der Waals surface area contributed by atoms with E-state index in [9.17, 15) is 0 Å². The van der Waals surface area contributed by atoms with Crippen LogP contribution in [0.15, 0.2) is 18.2 Å². The summed E-state index contributed by atoms with van der Waals surface area (Å²) in [5.74, 6) is 1.77. The van der Waals surface area contributed by atoms with Crippen molar-refractivity contribution >= 4 is 0 Å². The first-order chi connectivity index (χ1) is 10.2. The maximum atomic E-state index is 6.49. The molecule has 2 unspecified atom stereocenters. The van der Waals surface area contributed by atoms with E-state index in [4.69, 9.17) is 15.2 Å². The van der Waals surface area contributed by atoms with E-state index in [0.29, 0.717) is 6.04 Å². The third kappa shape index (κ3) is 2.21. The molecule has 2 fully saturated rings. The summed E-state index contributed by atoms with van der Waals surface area (Å²) in [6.07, 6.45) is 5.80. The van der Waals surface area contributed by atoms with Crippen molar-refractivity contribution in [2.45, 2.75) is 49.8 Å². The van der Waals surface area contributed by atoms with Crippen LogP contribution >= 0.6 is 0 Å². The van der Waals surface area contributed by atoms with Crippen LogP contribution in [-0.2, 0) is 0 Å². The fourth-order valence-corrected chi connectivity index (χ4v) is 4.40. The van der Waals surface area contributed by atoms with E-state index >= 15 is 0 Å². The van der Waals surface area contributed by atoms with Crippen LogP contribution in [-0.4, -0.2) is 36.7 Å². The van der Waals surface area contributed by atoms with E-state index in [1.807, 2.05) is 12.1 Å². The summed E-state index contributed by atoms with van der Waals surface area (Å²) < 4.78 is 11.8. The Labute approximate surface area is 126 Å². The molecule has 0 amide bonds. The topological polar surface area (TPSA) is 47.7 Å². The second-order valence-corrected chi connectivity index (χ2v) is 6.79. The summed E-state index contributed by atoms with van der Waals surface area (Å²) in [5, 5.41) is 0. The highest BCUT2D eigenvalue weighted by Crippen LogP contribution is 2.46. The van der Waals surface area contributed by atoms with Gasteiger partial charge in [-0.2, -0.15) is 0 Å². The Bertz CT molecular complexity index is 548. The van der Waals surface area contributed by atoms with Gasteiger partial charge in [0.1, 0.15) is 17.1 Å². The number of fused-ring (bicyclic) bond motifs is 2. The first-order valence-corrected chi connectivity index (χ1v) is 8.06. The molecule has 3 aliphatic rings. The SMILES string of the molecule is COc1ccc2c(c1)OC1(CCN3CCCC3C1)C[C@@H]2N. The van der Waals surface area contributed by atoms with Crippen molar-refractivity contribution in [1.29, 1.82) is 0 Å². The number of nitrogens with two attached hydrogens (primary N) is 1. The van der Waals surface area contributed by atoms with Crippen LogP contribution in [0.3, 0.4) is 0 Å². The molecule has 3 aliphatic heterocycles. The second-order valence-electron chi connectivity index (χ2n) is 6.79. The molecule has 0 saturated carbocycles. The molecule has 4 heteroatoms. The van der Waals surface area contributed by atoms with Gasteiger partial charge >= 0.3 is 0 Å². The van der Waals surface area contributed by atoms with Crippen molar-refractivity contribution < 1.29 is 9.47 Å². The average Bonchev–Trinajstić information content (AvgIpc) is 2.93. The number of ether oxygens (including phenoxy) is 2. The van der Waals surface area contributed by atoms with E-state index < -0.39 is 0 Å². The Morgan fingerprint density at radius 1 is 1.33 bits per heavy atom. The van der Waals surface area contributed by atoms with E-state index in [0.717, 1.165) is 42.9 Å². The minimum Gasteiger partial charge on any atom is -0.497 e. The molecule has 0 radical (unpaired) electrons. The third-order valence-electron chi connectivity index (χ3n) is 5.50. The zero-order valence-corrected chi connectivity index (χ0v) is 12.7. The molecule has 4 nitrogen and oxygen atoms in total. The molecule has 1 aromatic rings. The molecule has 1 spiro atoms. The molecule has 0 aromatic heterocycles. The Hall–Kier alpha value is -1.26. The summed E-state index contributed by atoms with van der Waals surface area (Å²) in [6.45, 7) is 2.41. The normalized spacial score (nSPS) is 35.1. The minimum atomic E-state index is -0.0652. The number of methoxy groups -OCH3 is 1. The molecular weight excluding hydrogens is 264 g/mol. The summed E-state index contributed by atoms with van der Waals surface area (Å²) in [7, 11) is 1.69. The lowest BCUT2D eigenvalue weighted by Crippen LogP contribution is -2.53. The van der Waals surface area contributed by atoms with Crippen LogP contribution in [0.4, 0.5) is 0 Å². The maximum Gasteiger partial charge on any atom is 0.128 e. The lowest BCUT2D eigenvalue weighted by Gasteiger charge is -2.48. The number of benzene rings is 1. The first-order valence-electron chi connectivity index (χ1n) is 8.06. The second kappa shape index (κ2) is 4.89. The van der Waals surface area contributed by atoms with Gasteiger partial charge in [-0.15, -0.1) is 0 Å². The predicted octanol–water partition coefficient (Wildman–Crippen LogP) is 2.47. The number of hydrogen-bond acceptors (Lipinski definition) is 4. The molecule has 4 rings (SSSR count). The molecule has 0 aliphatic carbocycles. The van der Waals surface area contributed by atoms with Crippen molar-refractivity contribution in [3.63, 3.8) is 0 Å². The lowest BCUT2D eigenvalue weighted by atomic mass is 9.78. The van der Waals surface area contributed by atoms with Gasteiger partial charge in [0.15, 0.2) is 0 Å². The highest BCUT2D eigenvalue weighted by atomic mass is 16.5. The summed E-state index contributed by atoms with van der Waals surface area (Å²) >= 11 is 0. The van der Waals surface area contributed by atoms with Crippen molar-refractivity contribution in [2.24, 2.45) is 5.73 Å². The molecular formula is C17H24N2O2. The van der Waals surface area contributed by atoms with Crippen LogP contribution in [0.5, 0.6) is 11.5 Å². The fourth-order valence-electron chi connectivity index (χ4n) is 4.40. The van der Waals surface area contributed by atoms with Crippen molar-refractivity contribution in [3.05, 3.63) is 23.8 Å². The van der Waals surface area contributed by atoms with Crippen LogP contribution in [0, 0.1) is 0 Å². The van der Waals surface area contributed by atoms with E-state index in [2.05, 4.69) is 11.0 Å². The molecule has 0 bridgehead atoms. The third-order valence-corrected chi connectivity index (χ3v) is 5.50. The molecule has 114 valence electrons. The predicted molar refractivity (Wildman–Crippen MR) is 81.7 cm³/mol. The van der Waals surface area contributed by atoms with Gasteiger partial charge < -0.3 is 20.1 Å². The van der Waals surface area contributed by atoms with Gasteiger partial charge in [-0.1, -0.05) is 6.07 Å². The van der Waals surface area contributed by atoms with E-state index in [1.54, 1.807) is 7.11 Å². The number of nitrogens with zero attached hydrogens (tertiary/aromatic N) is 1. The van der Waals surface area contributed by atoms with Crippen molar-refractivity contribution in [3.8, 4) is 11.5 Å². The van der Waals surface area contributed by atoms with Gasteiger partial charge in [0.25, 0.3) is 0 Å². The zero-order chi connectivity index (χ0) is 14.4. The van der Waals surface area contributed by atoms with Crippen molar-refractivity contribution in [2.75, 3.05) is 20.2 Å². The Balaban J connectivity index is 1.63. The van der Waals surface area contributed by atoms with Crippen LogP contribution in [0.2, 0.25) is 0 Å². The smallest absolute Gasteiger partial charge is 0.128 e. The molecule has 1 aromatic carbocycles. The quantitative estimate of drug-likeness (QED) is 0.862. The standard InChI is InChI=1S/C17H24N2O2/c1-20-13-4-5-14-15(18)11-17(21-16(14)9-13)6-8-19-7-2-3-12(19)10-17/h4-5,9,12,15H,2-3,6-8,10-11,18H2,1H3/t12?,15-,17?/m0/s1. The molecule has 21 heavy (non-hydrogen) atoms. The van der Waals surface area contributed by atoms with Gasteiger partial charge in [-0.25, -0.2) is 0 Å². The minimum absolute atomic E-state index is 0.0652. The summed E-state index contributed by atoms with van der Waals surface area (Å²) in [4.78, 5) is 2.63. The van der Waals surface area contributed by atoms with Gasteiger partial charge in [-0.05, 0) is 31.9 Å². The lowest BCUT2D eigenvalue weighted by molar-refractivity contribution is -0.0359. The summed E-state index contributed by atoms with van der Waals surface area (Å²) in [5.41, 5.74) is 7.50. The fraction of sp³-hybridized carbons (Fsp3) is 0.647. The number of hydrogen-bond donors (Lipinski definition) is 1. The van der Waals surface area contributed by atoms with Crippen molar-refractivity contribution in [1.82, 2.24) is 4.90 Å². The molecule has 3 heterocycles. The zero-order valence-electron chi connectivity index (χ0n) is 12.7. The van der Waals surface area contributed by atoms with Gasteiger partial charge in [0.2, 0.25) is 0 Å². The van der Waals surface area contributed by atoms with Gasteiger partial charge in [0, 0.05) is 43.1 Å². The van der Waals surface area contributed by atoms with E-state index in [-0.39, 0.29) is 11.6 Å². The van der Waals surface area contributed by atoms with E-state index in [1.165, 1.54) is 19.4 Å². The molecule has 2 saturated heterocycles. The van der Waals surface area contributed by atoms with Crippen LogP contribution in [0.25, 0.3) is 0 Å². The number of piperidine rings is 1. The Kier molecular flexibility index (Phi) is 3.12. The summed E-state index contributed by atoms with van der Waals surface area (Å²) in [6, 6.07) is 6.79. The number of rotatable bonds is 1. The Morgan fingerprint density at radius 2 is 2.24 bits per heavy atom. The van der Waals surface area contributed by atoms with Crippen LogP contribution < -0.4 is 15.2 Å². The highest BCUT2D eigenvalue weighted by molar-refractivity contribution is 5.44. The average molecular weight is 288 g/mol. The monoisotopic (exact) mass is 288 g/mol. The largest absolute Gasteiger partial charge is 0.497 e. The van der Waals surface area contributed by atoms with Crippen LogP contribution in [0.1, 0.15) is 43.7 Å². The van der Waals surface area contributed by atoms with Gasteiger partial charge in [-0.3, -0.25) is 0 Å². The van der Waals surface area contributed by atoms with Gasteiger partial charge in [0.05, 0.1) is 7.11 Å². The molecule has 2 N–H and O–H groups in total. The Morgan fingerprint density at radius 3 is 3.10 bits per heavy atom. The molecule has 3 atom stereocenters. The maximum absolute atomic E-state index is 6.49. The first kappa shape index (κ1) is 13.4.